The van der Waals surface area contributed by atoms with Gasteiger partial charge < -0.3 is 10.6 Å². The summed E-state index contributed by atoms with van der Waals surface area (Å²) >= 11 is 0. The second-order valence-corrected chi connectivity index (χ2v) is 7.59. The van der Waals surface area contributed by atoms with E-state index in [1.54, 1.807) is 29.7 Å². The van der Waals surface area contributed by atoms with Crippen LogP contribution in [0, 0.1) is 0 Å². The van der Waals surface area contributed by atoms with Crippen molar-refractivity contribution in [3.63, 3.8) is 0 Å². The van der Waals surface area contributed by atoms with Crippen molar-refractivity contribution in [1.29, 1.82) is 0 Å². The normalized spacial score (nSPS) is 11.8. The van der Waals surface area contributed by atoms with Crippen LogP contribution in [0.4, 0.5) is 23.7 Å². The third kappa shape index (κ3) is 4.74. The number of nitrogens with one attached hydrogen (secondary N) is 2. The highest BCUT2D eigenvalue weighted by Crippen LogP contribution is 2.27. The van der Waals surface area contributed by atoms with Crippen LogP contribution >= 0.6 is 0 Å². The van der Waals surface area contributed by atoms with E-state index in [1.165, 1.54) is 0 Å². The van der Waals surface area contributed by atoms with Crippen molar-refractivity contribution >= 4 is 17.4 Å². The summed E-state index contributed by atoms with van der Waals surface area (Å²) in [6.45, 7) is 2.72. The van der Waals surface area contributed by atoms with Crippen molar-refractivity contribution in [3.8, 4) is 22.4 Å². The molecule has 0 aliphatic rings. The average molecular weight is 442 g/mol. The molecule has 0 fully saturated rings. The van der Waals surface area contributed by atoms with Crippen molar-refractivity contribution in [1.82, 2.24) is 24.5 Å². The third-order valence-electron chi connectivity index (χ3n) is 4.84. The fourth-order valence-electron chi connectivity index (χ4n) is 3.26. The molecule has 0 aliphatic heterocycles. The van der Waals surface area contributed by atoms with Crippen LogP contribution in [-0.4, -0.2) is 37.9 Å². The topological polar surface area (TPSA) is 76.2 Å². The van der Waals surface area contributed by atoms with E-state index in [0.717, 1.165) is 28.0 Å². The lowest BCUT2D eigenvalue weighted by atomic mass is 10.1. The number of imidazole rings is 1. The SMILES string of the molecule is CC(C)n1cc(-c2ccn3c(-c4cccc(NC(=O)NCC(F)(F)F)c4)cnc3c2)cn1. The number of aromatic nitrogens is 4. The molecule has 0 saturated carbocycles. The van der Waals surface area contributed by atoms with Crippen LogP contribution in [0.25, 0.3) is 28.0 Å². The third-order valence-corrected chi connectivity index (χ3v) is 4.84. The maximum Gasteiger partial charge on any atom is 0.405 e. The smallest absolute Gasteiger partial charge is 0.329 e. The Kier molecular flexibility index (Phi) is 5.60. The van der Waals surface area contributed by atoms with Gasteiger partial charge in [0.25, 0.3) is 0 Å². The highest BCUT2D eigenvalue weighted by atomic mass is 19.4. The number of halogens is 3. The zero-order valence-electron chi connectivity index (χ0n) is 17.4. The zero-order valence-corrected chi connectivity index (χ0v) is 17.4. The summed E-state index contributed by atoms with van der Waals surface area (Å²) in [5, 5.41) is 8.58. The average Bonchev–Trinajstić information content (AvgIpc) is 3.39. The molecular formula is C22H21F3N6O. The number of urea groups is 1. The molecule has 2 N–H and O–H groups in total. The van der Waals surface area contributed by atoms with Gasteiger partial charge >= 0.3 is 12.2 Å². The molecule has 10 heteroatoms. The van der Waals surface area contributed by atoms with Crippen molar-refractivity contribution in [2.45, 2.75) is 26.1 Å². The Morgan fingerprint density at radius 1 is 1.09 bits per heavy atom. The van der Waals surface area contributed by atoms with E-state index in [9.17, 15) is 18.0 Å². The molecule has 0 unspecified atom stereocenters. The number of nitrogens with zero attached hydrogens (tertiary/aromatic N) is 4. The predicted octanol–water partition coefficient (Wildman–Crippen LogP) is 5.13. The van der Waals surface area contributed by atoms with Gasteiger partial charge in [0.05, 0.1) is 18.1 Å². The number of benzene rings is 1. The van der Waals surface area contributed by atoms with Crippen molar-refractivity contribution < 1.29 is 18.0 Å². The molecular weight excluding hydrogens is 421 g/mol. The molecule has 4 aromatic rings. The van der Waals surface area contributed by atoms with E-state index in [4.69, 9.17) is 0 Å². The molecule has 3 heterocycles. The first-order valence-corrected chi connectivity index (χ1v) is 9.93. The molecule has 1 aromatic carbocycles. The summed E-state index contributed by atoms with van der Waals surface area (Å²) in [6, 6.07) is 10.1. The maximum absolute atomic E-state index is 12.3. The quantitative estimate of drug-likeness (QED) is 0.450. The van der Waals surface area contributed by atoms with Gasteiger partial charge in [-0.25, -0.2) is 9.78 Å². The molecule has 32 heavy (non-hydrogen) atoms. The predicted molar refractivity (Wildman–Crippen MR) is 115 cm³/mol. The fourth-order valence-corrected chi connectivity index (χ4v) is 3.26. The summed E-state index contributed by atoms with van der Waals surface area (Å²) in [5.74, 6) is 0. The number of alkyl halides is 3. The van der Waals surface area contributed by atoms with Gasteiger partial charge in [0, 0.05) is 35.2 Å². The monoisotopic (exact) mass is 442 g/mol. The molecule has 4 rings (SSSR count). The second-order valence-electron chi connectivity index (χ2n) is 7.59. The number of rotatable bonds is 5. The number of carbonyl (C=O) groups excluding carboxylic acids is 1. The minimum absolute atomic E-state index is 0.266. The molecule has 166 valence electrons. The number of anilines is 1. The maximum atomic E-state index is 12.3. The van der Waals surface area contributed by atoms with Crippen molar-refractivity contribution in [3.05, 3.63) is 61.2 Å². The Morgan fingerprint density at radius 2 is 1.91 bits per heavy atom. The van der Waals surface area contributed by atoms with Crippen LogP contribution in [0.3, 0.4) is 0 Å². The molecule has 0 aliphatic carbocycles. The van der Waals surface area contributed by atoms with Crippen LogP contribution in [0.1, 0.15) is 19.9 Å². The summed E-state index contributed by atoms with van der Waals surface area (Å²) in [5.41, 5.74) is 4.61. The van der Waals surface area contributed by atoms with E-state index in [-0.39, 0.29) is 6.04 Å². The first-order chi connectivity index (χ1) is 15.2. The van der Waals surface area contributed by atoms with Gasteiger partial charge in [0.15, 0.2) is 0 Å². The van der Waals surface area contributed by atoms with E-state index in [1.807, 2.05) is 45.9 Å². The zero-order chi connectivity index (χ0) is 22.9. The second kappa shape index (κ2) is 8.37. The Bertz CT molecular complexity index is 1260. The largest absolute Gasteiger partial charge is 0.405 e. The van der Waals surface area contributed by atoms with Gasteiger partial charge in [-0.15, -0.1) is 0 Å². The Hall–Kier alpha value is -3.82. The lowest BCUT2D eigenvalue weighted by Crippen LogP contribution is -2.36. The van der Waals surface area contributed by atoms with Crippen LogP contribution < -0.4 is 10.6 Å². The van der Waals surface area contributed by atoms with Gasteiger partial charge in [-0.2, -0.15) is 18.3 Å². The Labute approximate surface area is 181 Å². The van der Waals surface area contributed by atoms with Gasteiger partial charge in [-0.3, -0.25) is 9.08 Å². The van der Waals surface area contributed by atoms with Crippen LogP contribution in [0.5, 0.6) is 0 Å². The van der Waals surface area contributed by atoms with Gasteiger partial charge in [-0.1, -0.05) is 12.1 Å². The van der Waals surface area contributed by atoms with Crippen molar-refractivity contribution in [2.24, 2.45) is 0 Å². The first-order valence-electron chi connectivity index (χ1n) is 9.93. The molecule has 2 amide bonds. The minimum Gasteiger partial charge on any atom is -0.329 e. The minimum atomic E-state index is -4.47. The Balaban J connectivity index is 1.56. The summed E-state index contributed by atoms with van der Waals surface area (Å²) in [4.78, 5) is 16.2. The lowest BCUT2D eigenvalue weighted by Gasteiger charge is -2.11. The number of hydrogen-bond donors (Lipinski definition) is 2. The highest BCUT2D eigenvalue weighted by molar-refractivity contribution is 5.90. The molecule has 0 radical (unpaired) electrons. The first kappa shape index (κ1) is 21.4. The van der Waals surface area contributed by atoms with Gasteiger partial charge in [-0.05, 0) is 43.7 Å². The summed E-state index contributed by atoms with van der Waals surface area (Å²) < 4.78 is 40.6. The van der Waals surface area contributed by atoms with E-state index < -0.39 is 18.8 Å². The van der Waals surface area contributed by atoms with Gasteiger partial charge in [0.2, 0.25) is 0 Å². The standard InChI is InChI=1S/C22H21F3N6O/c1-14(2)31-12-17(10-28-31)15-6-7-30-19(11-26-20(30)9-15)16-4-3-5-18(8-16)29-21(32)27-13-22(23,24)25/h3-12,14H,13H2,1-2H3,(H2,27,29,32). The van der Waals surface area contributed by atoms with E-state index in [2.05, 4.69) is 29.2 Å². The van der Waals surface area contributed by atoms with Gasteiger partial charge in [0.1, 0.15) is 12.2 Å². The van der Waals surface area contributed by atoms with E-state index in [0.29, 0.717) is 5.69 Å². The number of carbonyl (C=O) groups is 1. The van der Waals surface area contributed by atoms with Crippen molar-refractivity contribution in [2.75, 3.05) is 11.9 Å². The molecule has 3 aromatic heterocycles. The number of pyridine rings is 1. The van der Waals surface area contributed by atoms with Crippen LogP contribution in [0.15, 0.2) is 61.2 Å². The molecule has 0 saturated heterocycles. The lowest BCUT2D eigenvalue weighted by molar-refractivity contribution is -0.122. The molecule has 0 atom stereocenters. The number of fused-ring (bicyclic) bond motifs is 1. The van der Waals surface area contributed by atoms with E-state index >= 15 is 0 Å². The summed E-state index contributed by atoms with van der Waals surface area (Å²) in [6.07, 6.45) is 2.94. The molecule has 0 spiro atoms. The highest BCUT2D eigenvalue weighted by Gasteiger charge is 2.27. The number of hydrogen-bond acceptors (Lipinski definition) is 3. The van der Waals surface area contributed by atoms with Crippen LogP contribution in [-0.2, 0) is 0 Å². The molecule has 0 bridgehead atoms. The molecule has 7 nitrogen and oxygen atoms in total. The number of amides is 2. The summed E-state index contributed by atoms with van der Waals surface area (Å²) in [7, 11) is 0. The van der Waals surface area contributed by atoms with Crippen LogP contribution in [0.2, 0.25) is 0 Å². The fraction of sp³-hybridized carbons (Fsp3) is 0.227. The Morgan fingerprint density at radius 3 is 2.62 bits per heavy atom.